The van der Waals surface area contributed by atoms with Gasteiger partial charge in [0.1, 0.15) is 0 Å². The van der Waals surface area contributed by atoms with Gasteiger partial charge in [0.2, 0.25) is 0 Å². The molecule has 0 spiro atoms. The summed E-state index contributed by atoms with van der Waals surface area (Å²) in [6.07, 6.45) is 0. The van der Waals surface area contributed by atoms with Crippen LogP contribution < -0.4 is 0 Å². The van der Waals surface area contributed by atoms with Gasteiger partial charge < -0.3 is 9.63 Å². The summed E-state index contributed by atoms with van der Waals surface area (Å²) >= 11 is 7.90. The van der Waals surface area contributed by atoms with Gasteiger partial charge in [-0.25, -0.2) is 4.79 Å². The van der Waals surface area contributed by atoms with Crippen LogP contribution in [0.25, 0.3) is 11.5 Å². The number of carboxylic acids is 1. The van der Waals surface area contributed by atoms with E-state index in [1.165, 1.54) is 0 Å². The molecule has 0 radical (unpaired) electrons. The second kappa shape index (κ2) is 4.38. The van der Waals surface area contributed by atoms with Gasteiger partial charge in [0.25, 0.3) is 11.7 Å². The zero-order valence-corrected chi connectivity index (χ0v) is 10.6. The van der Waals surface area contributed by atoms with Crippen molar-refractivity contribution in [2.75, 3.05) is 0 Å². The molecule has 1 N–H and O–H groups in total. The Hall–Kier alpha value is -1.15. The van der Waals surface area contributed by atoms with E-state index in [-0.39, 0.29) is 11.7 Å². The summed E-state index contributed by atoms with van der Waals surface area (Å²) in [6, 6.07) is 5.15. The molecule has 82 valence electrons. The van der Waals surface area contributed by atoms with E-state index in [1.54, 1.807) is 18.2 Å². The smallest absolute Gasteiger partial charge is 0.377 e. The minimum absolute atomic E-state index is 0.143. The van der Waals surface area contributed by atoms with E-state index < -0.39 is 5.97 Å². The summed E-state index contributed by atoms with van der Waals surface area (Å²) in [5.74, 6) is -1.46. The summed E-state index contributed by atoms with van der Waals surface area (Å²) in [5, 5.41) is 12.5. The fourth-order valence-corrected chi connectivity index (χ4v) is 1.82. The lowest BCUT2D eigenvalue weighted by Gasteiger charge is -1.98. The van der Waals surface area contributed by atoms with Crippen LogP contribution in [0, 0.1) is 3.57 Å². The number of halogens is 2. The van der Waals surface area contributed by atoms with E-state index in [0.717, 1.165) is 3.57 Å². The topological polar surface area (TPSA) is 76.2 Å². The summed E-state index contributed by atoms with van der Waals surface area (Å²) in [4.78, 5) is 14.3. The van der Waals surface area contributed by atoms with Crippen molar-refractivity contribution < 1.29 is 14.4 Å². The van der Waals surface area contributed by atoms with Gasteiger partial charge in [0, 0.05) is 8.59 Å². The van der Waals surface area contributed by atoms with Crippen molar-refractivity contribution >= 4 is 40.2 Å². The normalized spacial score (nSPS) is 10.4. The minimum Gasteiger partial charge on any atom is -0.475 e. The molecule has 0 saturated carbocycles. The predicted octanol–water partition coefficient (Wildman–Crippen LogP) is 2.69. The van der Waals surface area contributed by atoms with Crippen molar-refractivity contribution in [1.82, 2.24) is 10.1 Å². The van der Waals surface area contributed by atoms with Gasteiger partial charge in [-0.1, -0.05) is 11.6 Å². The molecule has 7 heteroatoms. The number of carbonyl (C=O) groups is 1. The number of aromatic nitrogens is 2. The van der Waals surface area contributed by atoms with Gasteiger partial charge in [-0.2, -0.15) is 4.98 Å². The first-order chi connectivity index (χ1) is 7.58. The van der Waals surface area contributed by atoms with Crippen molar-refractivity contribution in [2.45, 2.75) is 0 Å². The zero-order valence-electron chi connectivity index (χ0n) is 7.65. The molecule has 0 atom stereocenters. The molecule has 1 aromatic carbocycles. The number of hydrogen-bond acceptors (Lipinski definition) is 4. The van der Waals surface area contributed by atoms with Crippen molar-refractivity contribution in [1.29, 1.82) is 0 Å². The van der Waals surface area contributed by atoms with Gasteiger partial charge >= 0.3 is 5.97 Å². The number of nitrogens with zero attached hydrogens (tertiary/aromatic N) is 2. The zero-order chi connectivity index (χ0) is 11.7. The Morgan fingerprint density at radius 1 is 1.50 bits per heavy atom. The molecule has 0 saturated heterocycles. The molecular formula is C9H4ClIN2O3. The van der Waals surface area contributed by atoms with Gasteiger partial charge in [-0.05, 0) is 45.9 Å². The highest BCUT2D eigenvalue weighted by Crippen LogP contribution is 2.26. The van der Waals surface area contributed by atoms with E-state index in [0.29, 0.717) is 10.6 Å². The largest absolute Gasteiger partial charge is 0.475 e. The van der Waals surface area contributed by atoms with Crippen LogP contribution in [-0.4, -0.2) is 21.2 Å². The van der Waals surface area contributed by atoms with Gasteiger partial charge in [-0.15, -0.1) is 0 Å². The van der Waals surface area contributed by atoms with Crippen molar-refractivity contribution in [3.63, 3.8) is 0 Å². The number of benzene rings is 1. The third-order valence-corrected chi connectivity index (χ3v) is 2.95. The molecule has 0 aliphatic heterocycles. The lowest BCUT2D eigenvalue weighted by molar-refractivity contribution is 0.0680. The van der Waals surface area contributed by atoms with E-state index in [4.69, 9.17) is 21.2 Å². The number of rotatable bonds is 2. The molecule has 1 heterocycles. The molecule has 0 fully saturated rings. The Morgan fingerprint density at radius 3 is 2.88 bits per heavy atom. The van der Waals surface area contributed by atoms with Crippen molar-refractivity contribution in [2.24, 2.45) is 0 Å². The summed E-state index contributed by atoms with van der Waals surface area (Å²) in [6.45, 7) is 0. The Labute approximate surface area is 109 Å². The second-order valence-corrected chi connectivity index (χ2v) is 4.45. The molecule has 0 bridgehead atoms. The second-order valence-electron chi connectivity index (χ2n) is 2.85. The fraction of sp³-hybridized carbons (Fsp3) is 0. The average molecular weight is 350 g/mol. The molecular weight excluding hydrogens is 346 g/mol. The Morgan fingerprint density at radius 2 is 2.25 bits per heavy atom. The van der Waals surface area contributed by atoms with E-state index in [2.05, 4.69) is 32.7 Å². The molecule has 2 rings (SSSR count). The Bertz CT molecular complexity index is 555. The van der Waals surface area contributed by atoms with Crippen LogP contribution in [0.2, 0.25) is 5.02 Å². The monoisotopic (exact) mass is 350 g/mol. The first-order valence-electron chi connectivity index (χ1n) is 4.10. The van der Waals surface area contributed by atoms with Crippen LogP contribution in [-0.2, 0) is 0 Å². The van der Waals surface area contributed by atoms with Crippen LogP contribution in [0.1, 0.15) is 10.6 Å². The van der Waals surface area contributed by atoms with Gasteiger partial charge in [0.05, 0.1) is 5.56 Å². The standard InChI is InChI=1S/C9H4ClIN2O3/c10-4-1-2-6(11)5(3-4)8-12-7(9(14)15)13-16-8/h1-3H,(H,14,15). The highest BCUT2D eigenvalue weighted by Gasteiger charge is 2.16. The predicted molar refractivity (Wildman–Crippen MR) is 64.4 cm³/mol. The van der Waals surface area contributed by atoms with Crippen LogP contribution >= 0.6 is 34.2 Å². The van der Waals surface area contributed by atoms with Crippen LogP contribution in [0.3, 0.4) is 0 Å². The highest BCUT2D eigenvalue weighted by atomic mass is 127. The van der Waals surface area contributed by atoms with E-state index in [1.807, 2.05) is 0 Å². The number of carboxylic acid groups (broad SMARTS) is 1. The SMILES string of the molecule is O=C(O)c1noc(-c2cc(Cl)ccc2I)n1. The van der Waals surface area contributed by atoms with Gasteiger partial charge in [0.15, 0.2) is 0 Å². The third kappa shape index (κ3) is 2.17. The molecule has 16 heavy (non-hydrogen) atoms. The number of hydrogen-bond donors (Lipinski definition) is 1. The van der Waals surface area contributed by atoms with Crippen molar-refractivity contribution in [3.05, 3.63) is 32.6 Å². The highest BCUT2D eigenvalue weighted by molar-refractivity contribution is 14.1. The maximum absolute atomic E-state index is 10.6. The first kappa shape index (κ1) is 11.3. The summed E-state index contributed by atoms with van der Waals surface area (Å²) < 4.78 is 5.69. The lowest BCUT2D eigenvalue weighted by Crippen LogP contribution is -1.98. The molecule has 0 unspecified atom stereocenters. The van der Waals surface area contributed by atoms with E-state index in [9.17, 15) is 4.79 Å². The molecule has 0 aliphatic carbocycles. The maximum Gasteiger partial charge on any atom is 0.377 e. The first-order valence-corrected chi connectivity index (χ1v) is 5.56. The number of aromatic carboxylic acids is 1. The molecule has 5 nitrogen and oxygen atoms in total. The fourth-order valence-electron chi connectivity index (χ4n) is 1.08. The van der Waals surface area contributed by atoms with Crippen LogP contribution in [0.5, 0.6) is 0 Å². The summed E-state index contributed by atoms with van der Waals surface area (Å²) in [7, 11) is 0. The van der Waals surface area contributed by atoms with E-state index >= 15 is 0 Å². The quantitative estimate of drug-likeness (QED) is 0.843. The van der Waals surface area contributed by atoms with Gasteiger partial charge in [-0.3, -0.25) is 0 Å². The summed E-state index contributed by atoms with van der Waals surface area (Å²) in [5.41, 5.74) is 0.619. The van der Waals surface area contributed by atoms with Crippen LogP contribution in [0.4, 0.5) is 0 Å². The lowest BCUT2D eigenvalue weighted by atomic mass is 10.2. The maximum atomic E-state index is 10.6. The molecule has 2 aromatic rings. The van der Waals surface area contributed by atoms with Crippen LogP contribution in [0.15, 0.2) is 22.7 Å². The van der Waals surface area contributed by atoms with Crippen molar-refractivity contribution in [3.8, 4) is 11.5 Å². The molecule has 1 aromatic heterocycles. The minimum atomic E-state index is -1.23. The average Bonchev–Trinajstić information content (AvgIpc) is 2.70. The Kier molecular flexibility index (Phi) is 3.10. The third-order valence-electron chi connectivity index (χ3n) is 1.78. The molecule has 0 amide bonds. The molecule has 0 aliphatic rings. The Balaban J connectivity index is 2.50.